The van der Waals surface area contributed by atoms with E-state index in [1.807, 2.05) is 0 Å². The second kappa shape index (κ2) is 22.5. The molecule has 9 heavy (non-hydrogen) atoms. The van der Waals surface area contributed by atoms with E-state index >= 15 is 0 Å². The van der Waals surface area contributed by atoms with E-state index in [-0.39, 0.29) is 66.6 Å². The molecule has 0 heterocycles. The van der Waals surface area contributed by atoms with Gasteiger partial charge in [-0.3, -0.25) is 0 Å². The third-order valence-corrected chi connectivity index (χ3v) is 0.854. The fraction of sp³-hybridized carbons (Fsp3) is 0.833. The maximum absolute atomic E-state index is 3.72. The van der Waals surface area contributed by atoms with E-state index in [4.69, 9.17) is 0 Å². The first-order valence-corrected chi connectivity index (χ1v) is 2.71. The van der Waals surface area contributed by atoms with Crippen LogP contribution in [0.5, 0.6) is 0 Å². The molecule has 0 fully saturated rings. The van der Waals surface area contributed by atoms with Gasteiger partial charge in [-0.2, -0.15) is 0 Å². The van der Waals surface area contributed by atoms with Gasteiger partial charge >= 0.3 is 0 Å². The Morgan fingerprint density at radius 1 is 1.11 bits per heavy atom. The SMILES string of the molecule is [CH2]CCCCC.[Ce].[Cl-].[Cl-]. The topological polar surface area (TPSA) is 0 Å². The molecule has 1 radical (unpaired) electrons. The third-order valence-electron chi connectivity index (χ3n) is 0.854. The second-order valence-corrected chi connectivity index (χ2v) is 1.56. The number of hydrogen-bond acceptors (Lipinski definition) is 0. The van der Waals surface area contributed by atoms with Gasteiger partial charge in [-0.15, -0.1) is 0 Å². The van der Waals surface area contributed by atoms with Crippen LogP contribution in [0.4, 0.5) is 0 Å². The van der Waals surface area contributed by atoms with Crippen molar-refractivity contribution in [3.8, 4) is 0 Å². The molecule has 0 bridgehead atoms. The summed E-state index contributed by atoms with van der Waals surface area (Å²) in [6, 6.07) is 0. The Morgan fingerprint density at radius 2 is 1.56 bits per heavy atom. The van der Waals surface area contributed by atoms with E-state index in [0.717, 1.165) is 6.42 Å². The van der Waals surface area contributed by atoms with Gasteiger partial charge in [0.1, 0.15) is 0 Å². The Labute approximate surface area is 105 Å². The Kier molecular flexibility index (Phi) is 56.1. The van der Waals surface area contributed by atoms with Crippen LogP contribution < -0.4 is 24.8 Å². The zero-order chi connectivity index (χ0) is 4.83. The third kappa shape index (κ3) is 25.7. The summed E-state index contributed by atoms with van der Waals surface area (Å²) in [5.74, 6) is 0. The molecule has 0 aromatic heterocycles. The smallest absolute Gasteiger partial charge is 0 e. The predicted octanol–water partition coefficient (Wildman–Crippen LogP) is -3.59. The van der Waals surface area contributed by atoms with Gasteiger partial charge in [-0.05, 0) is 0 Å². The van der Waals surface area contributed by atoms with Gasteiger partial charge < -0.3 is 24.8 Å². The minimum atomic E-state index is 0. The molecule has 0 rings (SSSR count). The van der Waals surface area contributed by atoms with Crippen LogP contribution in [0.15, 0.2) is 0 Å². The summed E-state index contributed by atoms with van der Waals surface area (Å²) in [5.41, 5.74) is 0. The normalized spacial score (nSPS) is 6.00. The van der Waals surface area contributed by atoms with Crippen LogP contribution >= 0.6 is 0 Å². The van der Waals surface area contributed by atoms with Crippen molar-refractivity contribution < 1.29 is 66.6 Å². The van der Waals surface area contributed by atoms with Crippen molar-refractivity contribution >= 4 is 0 Å². The molecule has 0 atom stereocenters. The first-order valence-electron chi connectivity index (χ1n) is 2.71. The summed E-state index contributed by atoms with van der Waals surface area (Å²) in [6.07, 6.45) is 5.07. The van der Waals surface area contributed by atoms with Gasteiger partial charge in [0.2, 0.25) is 0 Å². The van der Waals surface area contributed by atoms with Gasteiger partial charge in [0.05, 0.1) is 0 Å². The zero-order valence-corrected chi connectivity index (χ0v) is 10.4. The quantitative estimate of drug-likeness (QED) is 0.472. The van der Waals surface area contributed by atoms with Crippen molar-refractivity contribution in [3.05, 3.63) is 6.92 Å². The molecule has 0 amide bonds. The molecule has 57 valence electrons. The van der Waals surface area contributed by atoms with Crippen molar-refractivity contribution in [2.45, 2.75) is 32.6 Å². The first kappa shape index (κ1) is 22.4. The molecule has 0 aliphatic heterocycles. The first-order chi connectivity index (χ1) is 2.91. The average Bonchev–Trinajstić information content (AvgIpc) is 1.61. The molecule has 3 heteroatoms. The van der Waals surface area contributed by atoms with Gasteiger partial charge in [0, 0.05) is 41.7 Å². The van der Waals surface area contributed by atoms with Gasteiger partial charge in [0.15, 0.2) is 0 Å². The average molecular weight is 296 g/mol. The molecular formula is C6H13CeCl2-2. The van der Waals surface area contributed by atoms with E-state index < -0.39 is 0 Å². The summed E-state index contributed by atoms with van der Waals surface area (Å²) < 4.78 is 0. The number of unbranched alkanes of at least 4 members (excludes halogenated alkanes) is 3. The van der Waals surface area contributed by atoms with Crippen LogP contribution in [0.1, 0.15) is 32.6 Å². The zero-order valence-electron chi connectivity index (χ0n) is 5.79. The van der Waals surface area contributed by atoms with Crippen LogP contribution in [-0.4, -0.2) is 0 Å². The fourth-order valence-corrected chi connectivity index (χ4v) is 0.427. The Morgan fingerprint density at radius 3 is 1.67 bits per heavy atom. The van der Waals surface area contributed by atoms with Crippen LogP contribution in [0.2, 0.25) is 0 Å². The van der Waals surface area contributed by atoms with Crippen molar-refractivity contribution in [1.29, 1.82) is 0 Å². The molecule has 0 spiro atoms. The summed E-state index contributed by atoms with van der Waals surface area (Å²) in [7, 11) is 0. The number of hydrogen-bond donors (Lipinski definition) is 0. The molecule has 0 saturated heterocycles. The molecule has 0 saturated carbocycles. The van der Waals surface area contributed by atoms with E-state index in [9.17, 15) is 0 Å². The van der Waals surface area contributed by atoms with E-state index in [2.05, 4.69) is 13.8 Å². The van der Waals surface area contributed by atoms with E-state index in [0.29, 0.717) is 0 Å². The van der Waals surface area contributed by atoms with Crippen LogP contribution in [0, 0.1) is 48.7 Å². The summed E-state index contributed by atoms with van der Waals surface area (Å²) in [5, 5.41) is 0. The summed E-state index contributed by atoms with van der Waals surface area (Å²) >= 11 is 0. The molecule has 0 aromatic rings. The Bertz CT molecular complexity index is 23.0. The minimum Gasteiger partial charge on any atom is -1.00 e. The van der Waals surface area contributed by atoms with E-state index in [1.165, 1.54) is 19.3 Å². The Balaban J connectivity index is -0.0000000417. The van der Waals surface area contributed by atoms with Crippen LogP contribution in [0.25, 0.3) is 0 Å². The van der Waals surface area contributed by atoms with Crippen molar-refractivity contribution in [3.63, 3.8) is 0 Å². The molecule has 0 nitrogen and oxygen atoms in total. The standard InChI is InChI=1S/C6H13.Ce.2ClH/c1-3-5-6-4-2;;;/h1,3-6H2,2H3;;2*1H/p-2. The van der Waals surface area contributed by atoms with Crippen molar-refractivity contribution in [2.24, 2.45) is 0 Å². The minimum absolute atomic E-state index is 0. The largest absolute Gasteiger partial charge is 1.00 e. The molecule has 0 N–H and O–H groups in total. The number of rotatable bonds is 3. The maximum atomic E-state index is 3.72. The van der Waals surface area contributed by atoms with Crippen LogP contribution in [0.3, 0.4) is 0 Å². The van der Waals surface area contributed by atoms with Crippen LogP contribution in [-0.2, 0) is 0 Å². The van der Waals surface area contributed by atoms with Crippen molar-refractivity contribution in [1.82, 2.24) is 0 Å². The molecule has 0 aromatic carbocycles. The van der Waals surface area contributed by atoms with Gasteiger partial charge in [0.25, 0.3) is 0 Å². The van der Waals surface area contributed by atoms with Gasteiger partial charge in [-0.1, -0.05) is 39.5 Å². The predicted molar refractivity (Wildman–Crippen MR) is 29.5 cm³/mol. The maximum Gasteiger partial charge on any atom is 0 e. The monoisotopic (exact) mass is 295 g/mol. The summed E-state index contributed by atoms with van der Waals surface area (Å²) in [4.78, 5) is 0. The Hall–Kier alpha value is 1.96. The molecular weight excluding hydrogens is 283 g/mol. The van der Waals surface area contributed by atoms with E-state index in [1.54, 1.807) is 0 Å². The molecule has 0 aliphatic carbocycles. The fourth-order valence-electron chi connectivity index (χ4n) is 0.427. The van der Waals surface area contributed by atoms with Gasteiger partial charge in [-0.25, -0.2) is 0 Å². The molecule has 0 unspecified atom stereocenters. The molecule has 0 aliphatic rings. The van der Waals surface area contributed by atoms with Crippen molar-refractivity contribution in [2.75, 3.05) is 0 Å². The second-order valence-electron chi connectivity index (χ2n) is 1.56. The summed E-state index contributed by atoms with van der Waals surface area (Å²) in [6.45, 7) is 5.93. The number of halogens is 2.